The average Bonchev–Trinajstić information content (AvgIpc) is 2.31. The first-order valence-electron chi connectivity index (χ1n) is 5.52. The minimum atomic E-state index is -0.848. The average molecular weight is 220 g/mol. The van der Waals surface area contributed by atoms with Crippen LogP contribution in [0.15, 0.2) is 24.3 Å². The summed E-state index contributed by atoms with van der Waals surface area (Å²) in [6.07, 6.45) is 0.759. The van der Waals surface area contributed by atoms with E-state index in [2.05, 4.69) is 10.6 Å². The highest BCUT2D eigenvalue weighted by Crippen LogP contribution is 2.11. The first-order valence-corrected chi connectivity index (χ1v) is 5.52. The van der Waals surface area contributed by atoms with Gasteiger partial charge in [-0.05, 0) is 18.1 Å². The van der Waals surface area contributed by atoms with Gasteiger partial charge in [-0.3, -0.25) is 0 Å². The van der Waals surface area contributed by atoms with Crippen molar-refractivity contribution in [2.45, 2.75) is 12.5 Å². The molecule has 4 nitrogen and oxygen atoms in total. The highest BCUT2D eigenvalue weighted by atomic mass is 16.4. The predicted octanol–water partition coefficient (Wildman–Crippen LogP) is 0.489. The van der Waals surface area contributed by atoms with E-state index in [1.165, 1.54) is 0 Å². The monoisotopic (exact) mass is 220 g/mol. The molecule has 0 aliphatic carbocycles. The normalized spacial score (nSPS) is 20.6. The van der Waals surface area contributed by atoms with Gasteiger partial charge >= 0.3 is 5.97 Å². The number of carboxylic acid groups (broad SMARTS) is 1. The van der Waals surface area contributed by atoms with E-state index in [0.29, 0.717) is 11.6 Å². The molecule has 1 aliphatic heterocycles. The summed E-state index contributed by atoms with van der Waals surface area (Å²) in [4.78, 5) is 11.0. The molecule has 0 unspecified atom stereocenters. The highest BCUT2D eigenvalue weighted by molar-refractivity contribution is 5.89. The highest BCUT2D eigenvalue weighted by Gasteiger charge is 2.16. The number of benzene rings is 1. The van der Waals surface area contributed by atoms with Crippen LogP contribution >= 0.6 is 0 Å². The van der Waals surface area contributed by atoms with Gasteiger partial charge in [-0.25, -0.2) is 4.79 Å². The largest absolute Gasteiger partial charge is 0.478 e. The van der Waals surface area contributed by atoms with Crippen molar-refractivity contribution in [1.29, 1.82) is 0 Å². The van der Waals surface area contributed by atoms with Gasteiger partial charge in [0.05, 0.1) is 5.56 Å². The Balaban J connectivity index is 2.10. The minimum absolute atomic E-state index is 0.328. The molecular weight excluding hydrogens is 204 g/mol. The van der Waals surface area contributed by atoms with Crippen molar-refractivity contribution in [3.05, 3.63) is 35.4 Å². The van der Waals surface area contributed by atoms with Gasteiger partial charge < -0.3 is 15.7 Å². The second-order valence-electron chi connectivity index (χ2n) is 4.02. The van der Waals surface area contributed by atoms with Gasteiger partial charge in [-0.2, -0.15) is 0 Å². The van der Waals surface area contributed by atoms with Crippen molar-refractivity contribution in [3.63, 3.8) is 0 Å². The van der Waals surface area contributed by atoms with Crippen molar-refractivity contribution in [3.8, 4) is 0 Å². The molecule has 1 aliphatic rings. The SMILES string of the molecule is O=C(O)c1ccccc1C[C@@H]1CNCCN1. The van der Waals surface area contributed by atoms with E-state index in [4.69, 9.17) is 5.11 Å². The molecule has 0 bridgehead atoms. The molecule has 1 saturated heterocycles. The number of nitrogens with one attached hydrogen (secondary N) is 2. The van der Waals surface area contributed by atoms with Gasteiger partial charge in [0.25, 0.3) is 0 Å². The number of carboxylic acids is 1. The predicted molar refractivity (Wildman–Crippen MR) is 61.8 cm³/mol. The van der Waals surface area contributed by atoms with Gasteiger partial charge in [-0.1, -0.05) is 18.2 Å². The lowest BCUT2D eigenvalue weighted by Crippen LogP contribution is -2.49. The number of aromatic carboxylic acids is 1. The first kappa shape index (κ1) is 11.1. The molecule has 0 amide bonds. The maximum atomic E-state index is 11.0. The van der Waals surface area contributed by atoms with E-state index < -0.39 is 5.97 Å². The van der Waals surface area contributed by atoms with Crippen LogP contribution in [0.4, 0.5) is 0 Å². The van der Waals surface area contributed by atoms with E-state index in [1.807, 2.05) is 12.1 Å². The van der Waals surface area contributed by atoms with Gasteiger partial charge in [-0.15, -0.1) is 0 Å². The molecule has 0 radical (unpaired) electrons. The van der Waals surface area contributed by atoms with Gasteiger partial charge in [0.1, 0.15) is 0 Å². The van der Waals surface area contributed by atoms with Crippen molar-refractivity contribution in [2.75, 3.05) is 19.6 Å². The Labute approximate surface area is 94.7 Å². The second kappa shape index (κ2) is 5.09. The van der Waals surface area contributed by atoms with Crippen molar-refractivity contribution in [1.82, 2.24) is 10.6 Å². The fraction of sp³-hybridized carbons (Fsp3) is 0.417. The van der Waals surface area contributed by atoms with Crippen LogP contribution in [0.3, 0.4) is 0 Å². The van der Waals surface area contributed by atoms with Crippen LogP contribution in [-0.4, -0.2) is 36.8 Å². The summed E-state index contributed by atoms with van der Waals surface area (Å²) >= 11 is 0. The Morgan fingerprint density at radius 3 is 2.88 bits per heavy atom. The molecule has 0 aromatic heterocycles. The molecule has 0 spiro atoms. The summed E-state index contributed by atoms with van der Waals surface area (Å²) in [5.41, 5.74) is 1.31. The zero-order valence-electron chi connectivity index (χ0n) is 9.07. The first-order chi connectivity index (χ1) is 7.77. The molecule has 86 valence electrons. The lowest BCUT2D eigenvalue weighted by Gasteiger charge is -2.25. The molecule has 3 N–H and O–H groups in total. The van der Waals surface area contributed by atoms with Crippen molar-refractivity contribution >= 4 is 5.97 Å². The number of hydrogen-bond donors (Lipinski definition) is 3. The number of hydrogen-bond acceptors (Lipinski definition) is 3. The molecule has 1 atom stereocenters. The summed E-state index contributed by atoms with van der Waals surface area (Å²) in [6.45, 7) is 2.82. The fourth-order valence-electron chi connectivity index (χ4n) is 2.03. The zero-order chi connectivity index (χ0) is 11.4. The molecule has 16 heavy (non-hydrogen) atoms. The van der Waals surface area contributed by atoms with Crippen LogP contribution in [-0.2, 0) is 6.42 Å². The van der Waals surface area contributed by atoms with Crippen LogP contribution in [0.2, 0.25) is 0 Å². The molecule has 4 heteroatoms. The second-order valence-corrected chi connectivity index (χ2v) is 4.02. The molecular formula is C12H16N2O2. The Morgan fingerprint density at radius 1 is 1.38 bits per heavy atom. The van der Waals surface area contributed by atoms with Crippen LogP contribution in [0, 0.1) is 0 Å². The van der Waals surface area contributed by atoms with Gasteiger partial charge in [0.15, 0.2) is 0 Å². The lowest BCUT2D eigenvalue weighted by molar-refractivity contribution is 0.0695. The van der Waals surface area contributed by atoms with Gasteiger partial charge in [0, 0.05) is 25.7 Å². The Kier molecular flexibility index (Phi) is 3.54. The Morgan fingerprint density at radius 2 is 2.19 bits per heavy atom. The van der Waals surface area contributed by atoms with Crippen LogP contribution in [0.5, 0.6) is 0 Å². The van der Waals surface area contributed by atoms with Crippen molar-refractivity contribution < 1.29 is 9.90 Å². The fourth-order valence-corrected chi connectivity index (χ4v) is 2.03. The van der Waals surface area contributed by atoms with Crippen molar-refractivity contribution in [2.24, 2.45) is 0 Å². The lowest BCUT2D eigenvalue weighted by atomic mass is 9.99. The maximum absolute atomic E-state index is 11.0. The smallest absolute Gasteiger partial charge is 0.335 e. The summed E-state index contributed by atoms with van der Waals surface area (Å²) in [6, 6.07) is 7.53. The van der Waals surface area contributed by atoms with E-state index in [-0.39, 0.29) is 0 Å². The minimum Gasteiger partial charge on any atom is -0.478 e. The number of rotatable bonds is 3. The quantitative estimate of drug-likeness (QED) is 0.693. The van der Waals surface area contributed by atoms with E-state index >= 15 is 0 Å². The van der Waals surface area contributed by atoms with E-state index in [1.54, 1.807) is 12.1 Å². The standard InChI is InChI=1S/C12H16N2O2/c15-12(16)11-4-2-1-3-9(11)7-10-8-13-5-6-14-10/h1-4,10,13-14H,5-8H2,(H,15,16)/t10-/m1/s1. The number of piperazine rings is 1. The molecule has 1 heterocycles. The summed E-state index contributed by atoms with van der Waals surface area (Å²) in [7, 11) is 0. The summed E-state index contributed by atoms with van der Waals surface area (Å²) < 4.78 is 0. The molecule has 0 saturated carbocycles. The third-order valence-corrected chi connectivity index (χ3v) is 2.84. The van der Waals surface area contributed by atoms with Gasteiger partial charge in [0.2, 0.25) is 0 Å². The third-order valence-electron chi connectivity index (χ3n) is 2.84. The van der Waals surface area contributed by atoms with E-state index in [0.717, 1.165) is 31.6 Å². The molecule has 1 aromatic rings. The zero-order valence-corrected chi connectivity index (χ0v) is 9.07. The van der Waals surface area contributed by atoms with Crippen LogP contribution in [0.1, 0.15) is 15.9 Å². The van der Waals surface area contributed by atoms with Crippen LogP contribution < -0.4 is 10.6 Å². The number of carbonyl (C=O) groups is 1. The molecule has 1 fully saturated rings. The Hall–Kier alpha value is -1.39. The molecule has 1 aromatic carbocycles. The molecule has 2 rings (SSSR count). The van der Waals surface area contributed by atoms with E-state index in [9.17, 15) is 4.79 Å². The summed E-state index contributed by atoms with van der Waals surface area (Å²) in [5, 5.41) is 15.7. The van der Waals surface area contributed by atoms with Crippen LogP contribution in [0.25, 0.3) is 0 Å². The summed E-state index contributed by atoms with van der Waals surface area (Å²) in [5.74, 6) is -0.848. The Bertz CT molecular complexity index is 373. The maximum Gasteiger partial charge on any atom is 0.335 e. The third kappa shape index (κ3) is 2.59. The topological polar surface area (TPSA) is 61.4 Å².